The lowest BCUT2D eigenvalue weighted by molar-refractivity contribution is -0.139. The van der Waals surface area contributed by atoms with Crippen molar-refractivity contribution in [2.24, 2.45) is 17.2 Å². The molecule has 36 heavy (non-hydrogen) atoms. The molecule has 2 aromatic carbocycles. The third kappa shape index (κ3) is 17.9. The number of hydrogen-bond donors (Lipinski definition) is 5. The number of halogens is 2. The Bertz CT molecular complexity index is 894. The smallest absolute Gasteiger partial charge is 0.320 e. The van der Waals surface area contributed by atoms with E-state index < -0.39 is 18.0 Å². The number of aliphatic carboxylic acids is 2. The number of nitrogens with two attached hydrogens (primary N) is 3. The van der Waals surface area contributed by atoms with Crippen LogP contribution in [0.1, 0.15) is 60.9 Å². The first-order valence-electron chi connectivity index (χ1n) is 11.7. The highest BCUT2D eigenvalue weighted by molar-refractivity contribution is 6.36. The Hall–Kier alpha value is -2.49. The third-order valence-electron chi connectivity index (χ3n) is 4.97. The van der Waals surface area contributed by atoms with E-state index in [0.717, 1.165) is 5.56 Å². The third-order valence-corrected chi connectivity index (χ3v) is 5.54. The first-order valence-corrected chi connectivity index (χ1v) is 12.5. The monoisotopic (exact) mass is 541 g/mol. The maximum absolute atomic E-state index is 10.2. The standard InChI is InChI=1S/C8H8O2.C7H4Cl2O.C6H13N.C5H12N2O2/c9-8(10)6-7-4-2-1-3-5-7;8-6-2-1-5(4-10)7(9)3-6;7-6-4-2-1-3-5-6;6-3-1-2-4(7)5(8)9/h1-5H,6H2,(H,9,10);1-4H;6H,1-5,7H2;4H,1-3,6-7H2,(H,8,9). The second-order valence-corrected chi connectivity index (χ2v) is 8.96. The fourth-order valence-electron chi connectivity index (χ4n) is 2.96. The van der Waals surface area contributed by atoms with Gasteiger partial charge >= 0.3 is 11.9 Å². The van der Waals surface area contributed by atoms with Crippen LogP contribution in [0.3, 0.4) is 0 Å². The topological polar surface area (TPSA) is 170 Å². The Morgan fingerprint density at radius 3 is 2.06 bits per heavy atom. The zero-order valence-corrected chi connectivity index (χ0v) is 21.8. The highest BCUT2D eigenvalue weighted by Crippen LogP contribution is 2.19. The summed E-state index contributed by atoms with van der Waals surface area (Å²) < 4.78 is 0. The van der Waals surface area contributed by atoms with E-state index in [0.29, 0.717) is 47.3 Å². The summed E-state index contributed by atoms with van der Waals surface area (Å²) in [4.78, 5) is 30.4. The van der Waals surface area contributed by atoms with Crippen molar-refractivity contribution >= 4 is 41.4 Å². The molecule has 1 atom stereocenters. The van der Waals surface area contributed by atoms with Gasteiger partial charge in [0.15, 0.2) is 6.29 Å². The molecule has 0 amide bonds. The van der Waals surface area contributed by atoms with Gasteiger partial charge in [0.1, 0.15) is 6.04 Å². The number of carboxylic acids is 2. The number of benzene rings is 2. The number of carbonyl (C=O) groups is 3. The van der Waals surface area contributed by atoms with Crippen molar-refractivity contribution in [3.63, 3.8) is 0 Å². The Morgan fingerprint density at radius 2 is 1.64 bits per heavy atom. The maximum Gasteiger partial charge on any atom is 0.320 e. The molecule has 0 radical (unpaired) electrons. The normalized spacial score (nSPS) is 13.4. The second kappa shape index (κ2) is 20.7. The lowest BCUT2D eigenvalue weighted by atomic mass is 9.97. The molecule has 0 aliphatic heterocycles. The van der Waals surface area contributed by atoms with E-state index in [9.17, 15) is 14.4 Å². The minimum atomic E-state index is -0.955. The van der Waals surface area contributed by atoms with E-state index in [-0.39, 0.29) is 6.42 Å². The molecule has 3 rings (SSSR count). The summed E-state index contributed by atoms with van der Waals surface area (Å²) in [6.45, 7) is 0.501. The molecule has 2 aromatic rings. The van der Waals surface area contributed by atoms with Crippen LogP contribution in [0.5, 0.6) is 0 Å². The summed E-state index contributed by atoms with van der Waals surface area (Å²) in [6, 6.07) is 13.7. The summed E-state index contributed by atoms with van der Waals surface area (Å²) in [5, 5.41) is 17.5. The van der Waals surface area contributed by atoms with Crippen LogP contribution in [0.15, 0.2) is 48.5 Å². The first kappa shape index (κ1) is 33.5. The van der Waals surface area contributed by atoms with Crippen LogP contribution in [0.25, 0.3) is 0 Å². The fraction of sp³-hybridized carbons (Fsp3) is 0.423. The molecule has 1 saturated carbocycles. The van der Waals surface area contributed by atoms with Gasteiger partial charge in [-0.05, 0) is 56.0 Å². The summed E-state index contributed by atoms with van der Waals surface area (Å²) in [7, 11) is 0. The molecule has 10 heteroatoms. The van der Waals surface area contributed by atoms with Gasteiger partial charge in [0, 0.05) is 16.6 Å². The van der Waals surface area contributed by atoms with Crippen LogP contribution < -0.4 is 17.2 Å². The summed E-state index contributed by atoms with van der Waals surface area (Å²) in [5.74, 6) is -1.74. The first-order chi connectivity index (χ1) is 17.1. The van der Waals surface area contributed by atoms with Crippen LogP contribution in [0.2, 0.25) is 10.0 Å². The summed E-state index contributed by atoms with van der Waals surface area (Å²) in [5.41, 5.74) is 17.2. The highest BCUT2D eigenvalue weighted by atomic mass is 35.5. The van der Waals surface area contributed by atoms with Crippen LogP contribution in [-0.2, 0) is 16.0 Å². The predicted molar refractivity (Wildman–Crippen MR) is 145 cm³/mol. The van der Waals surface area contributed by atoms with Crippen molar-refractivity contribution in [2.75, 3.05) is 6.54 Å². The van der Waals surface area contributed by atoms with Gasteiger partial charge in [-0.2, -0.15) is 0 Å². The van der Waals surface area contributed by atoms with Crippen molar-refractivity contribution in [3.8, 4) is 0 Å². The number of aldehydes is 1. The molecule has 0 saturated heterocycles. The van der Waals surface area contributed by atoms with Crippen LogP contribution in [0.4, 0.5) is 0 Å². The summed E-state index contributed by atoms with van der Waals surface area (Å²) >= 11 is 11.2. The minimum absolute atomic E-state index is 0.112. The Balaban J connectivity index is 0.000000457. The predicted octanol–water partition coefficient (Wildman–Crippen LogP) is 4.53. The number of carbonyl (C=O) groups excluding carboxylic acids is 1. The van der Waals surface area contributed by atoms with Crippen LogP contribution >= 0.6 is 23.2 Å². The quantitative estimate of drug-likeness (QED) is 0.318. The van der Waals surface area contributed by atoms with Gasteiger partial charge in [-0.1, -0.05) is 72.8 Å². The molecule has 1 aliphatic rings. The average molecular weight is 543 g/mol. The highest BCUT2D eigenvalue weighted by Gasteiger charge is 2.09. The molecule has 1 fully saturated rings. The fourth-order valence-corrected chi connectivity index (χ4v) is 3.42. The van der Waals surface area contributed by atoms with Gasteiger partial charge < -0.3 is 27.4 Å². The van der Waals surface area contributed by atoms with Crippen molar-refractivity contribution in [3.05, 3.63) is 69.7 Å². The van der Waals surface area contributed by atoms with Crippen molar-refractivity contribution in [2.45, 2.75) is 63.5 Å². The van der Waals surface area contributed by atoms with Gasteiger partial charge in [-0.15, -0.1) is 0 Å². The molecule has 0 bridgehead atoms. The average Bonchev–Trinajstić information content (AvgIpc) is 2.84. The van der Waals surface area contributed by atoms with E-state index in [1.54, 1.807) is 24.3 Å². The molecule has 200 valence electrons. The van der Waals surface area contributed by atoms with Crippen molar-refractivity contribution < 1.29 is 24.6 Å². The Labute approximate surface area is 222 Å². The van der Waals surface area contributed by atoms with Crippen molar-refractivity contribution in [1.29, 1.82) is 0 Å². The van der Waals surface area contributed by atoms with E-state index in [2.05, 4.69) is 0 Å². The molecule has 0 heterocycles. The van der Waals surface area contributed by atoms with Crippen molar-refractivity contribution in [1.82, 2.24) is 0 Å². The molecule has 0 aromatic heterocycles. The van der Waals surface area contributed by atoms with Gasteiger partial charge in [0.2, 0.25) is 0 Å². The largest absolute Gasteiger partial charge is 0.481 e. The van der Waals surface area contributed by atoms with E-state index >= 15 is 0 Å². The number of carboxylic acid groups (broad SMARTS) is 2. The Morgan fingerprint density at radius 1 is 1.03 bits per heavy atom. The van der Waals surface area contributed by atoms with Gasteiger partial charge in [-0.3, -0.25) is 14.4 Å². The van der Waals surface area contributed by atoms with E-state index in [1.807, 2.05) is 18.2 Å². The molecule has 0 spiro atoms. The molecule has 8 N–H and O–H groups in total. The SMILES string of the molecule is NC1CCCCC1.NCCCC(N)C(=O)O.O=C(O)Cc1ccccc1.O=Cc1ccc(Cl)cc1Cl. The van der Waals surface area contributed by atoms with Gasteiger partial charge in [0.05, 0.1) is 11.4 Å². The van der Waals surface area contributed by atoms with E-state index in [1.165, 1.54) is 38.2 Å². The zero-order valence-electron chi connectivity index (χ0n) is 20.3. The molecule has 1 unspecified atom stereocenters. The van der Waals surface area contributed by atoms with E-state index in [4.69, 9.17) is 50.6 Å². The maximum atomic E-state index is 10.2. The Kier molecular flexibility index (Phi) is 19.2. The van der Waals surface area contributed by atoms with Gasteiger partial charge in [0.25, 0.3) is 0 Å². The van der Waals surface area contributed by atoms with Gasteiger partial charge in [-0.25, -0.2) is 0 Å². The van der Waals surface area contributed by atoms with Crippen LogP contribution in [-0.4, -0.2) is 47.1 Å². The number of hydrogen-bond acceptors (Lipinski definition) is 6. The molecular formula is C26H37Cl2N3O5. The second-order valence-electron chi connectivity index (χ2n) is 8.11. The summed E-state index contributed by atoms with van der Waals surface area (Å²) in [6.07, 6.45) is 8.61. The minimum Gasteiger partial charge on any atom is -0.481 e. The molecular weight excluding hydrogens is 505 g/mol. The molecule has 1 aliphatic carbocycles. The van der Waals surface area contributed by atoms with Crippen LogP contribution in [0, 0.1) is 0 Å². The zero-order chi connectivity index (χ0) is 27.3. The number of rotatable bonds is 7. The molecule has 8 nitrogen and oxygen atoms in total. The lowest BCUT2D eigenvalue weighted by Gasteiger charge is -2.15. The lowest BCUT2D eigenvalue weighted by Crippen LogP contribution is -2.30.